The Morgan fingerprint density at radius 2 is 2.10 bits per heavy atom. The molecule has 1 heterocycles. The summed E-state index contributed by atoms with van der Waals surface area (Å²) in [5, 5.41) is 3.51. The number of hydrogen-bond donors (Lipinski definition) is 1. The fraction of sp³-hybridized carbons (Fsp3) is 0.867. The van der Waals surface area contributed by atoms with Gasteiger partial charge in [0.1, 0.15) is 6.04 Å². The van der Waals surface area contributed by atoms with E-state index in [1.54, 1.807) is 0 Å². The van der Waals surface area contributed by atoms with Crippen LogP contribution in [0.25, 0.3) is 0 Å². The number of carbonyl (C=O) groups is 2. The summed E-state index contributed by atoms with van der Waals surface area (Å²) in [6.45, 7) is 6.60. The molecular formula is C15H26N2O2S. The van der Waals surface area contributed by atoms with Crippen LogP contribution in [0.3, 0.4) is 0 Å². The van der Waals surface area contributed by atoms with Gasteiger partial charge in [-0.25, -0.2) is 0 Å². The molecule has 2 aliphatic rings. The molecule has 2 fully saturated rings. The summed E-state index contributed by atoms with van der Waals surface area (Å²) in [4.78, 5) is 26.3. The normalized spacial score (nSPS) is 31.0. The van der Waals surface area contributed by atoms with Gasteiger partial charge >= 0.3 is 0 Å². The Kier molecular flexibility index (Phi) is 5.35. The minimum Gasteiger partial charge on any atom is -0.343 e. The zero-order chi connectivity index (χ0) is 14.7. The first-order chi connectivity index (χ1) is 9.51. The van der Waals surface area contributed by atoms with Crippen LogP contribution < -0.4 is 5.32 Å². The van der Waals surface area contributed by atoms with E-state index >= 15 is 0 Å². The Morgan fingerprint density at radius 1 is 1.35 bits per heavy atom. The van der Waals surface area contributed by atoms with Gasteiger partial charge < -0.3 is 10.2 Å². The van der Waals surface area contributed by atoms with Crippen molar-refractivity contribution in [3.8, 4) is 0 Å². The van der Waals surface area contributed by atoms with E-state index in [-0.39, 0.29) is 30.4 Å². The fourth-order valence-electron chi connectivity index (χ4n) is 3.26. The molecule has 5 heteroatoms. The maximum atomic E-state index is 12.6. The molecule has 0 aromatic carbocycles. The van der Waals surface area contributed by atoms with Crippen molar-refractivity contribution in [2.45, 2.75) is 63.8 Å². The van der Waals surface area contributed by atoms with E-state index < -0.39 is 0 Å². The molecule has 114 valence electrons. The van der Waals surface area contributed by atoms with Crippen LogP contribution in [-0.2, 0) is 9.59 Å². The number of nitrogens with zero attached hydrogens (tertiary/aromatic N) is 1. The summed E-state index contributed by atoms with van der Waals surface area (Å²) in [6, 6.07) is -0.0404. The summed E-state index contributed by atoms with van der Waals surface area (Å²) in [6.07, 6.45) is 4.00. The molecule has 0 aromatic heterocycles. The van der Waals surface area contributed by atoms with Gasteiger partial charge in [-0.15, -0.1) is 0 Å². The Labute approximate surface area is 126 Å². The van der Waals surface area contributed by atoms with Crippen LogP contribution in [0.1, 0.15) is 46.5 Å². The Hall–Kier alpha value is -0.710. The predicted molar refractivity (Wildman–Crippen MR) is 82.7 cm³/mol. The van der Waals surface area contributed by atoms with Crippen molar-refractivity contribution < 1.29 is 9.59 Å². The average Bonchev–Trinajstić information content (AvgIpc) is 2.81. The standard InChI is InChI=1S/C15H26N2O2S/c1-4-20-12-6-5-11(8-12)17-9-14(18)16-13(15(17)19)7-10(2)3/h10-13H,4-9H2,1-3H3,(H,16,18). The lowest BCUT2D eigenvalue weighted by molar-refractivity contribution is -0.147. The summed E-state index contributed by atoms with van der Waals surface area (Å²) in [5.41, 5.74) is 0. The molecule has 1 aliphatic heterocycles. The molecule has 4 nitrogen and oxygen atoms in total. The first-order valence-corrected chi connectivity index (χ1v) is 8.77. The Bertz CT molecular complexity index is 373. The third-order valence-electron chi connectivity index (χ3n) is 4.14. The van der Waals surface area contributed by atoms with E-state index in [1.165, 1.54) is 6.42 Å². The number of nitrogens with one attached hydrogen (secondary N) is 1. The number of carbonyl (C=O) groups excluding carboxylic acids is 2. The predicted octanol–water partition coefficient (Wildman–Crippen LogP) is 2.03. The highest BCUT2D eigenvalue weighted by Crippen LogP contribution is 2.33. The molecular weight excluding hydrogens is 272 g/mol. The van der Waals surface area contributed by atoms with E-state index in [9.17, 15) is 9.59 Å². The Balaban J connectivity index is 1.99. The lowest BCUT2D eigenvalue weighted by Gasteiger charge is -2.37. The third-order valence-corrected chi connectivity index (χ3v) is 5.37. The quantitative estimate of drug-likeness (QED) is 0.845. The molecule has 1 aliphatic carbocycles. The van der Waals surface area contributed by atoms with Crippen LogP contribution in [0.5, 0.6) is 0 Å². The molecule has 20 heavy (non-hydrogen) atoms. The number of thioether (sulfide) groups is 1. The van der Waals surface area contributed by atoms with Crippen LogP contribution in [0, 0.1) is 5.92 Å². The topological polar surface area (TPSA) is 49.4 Å². The van der Waals surface area contributed by atoms with Crippen LogP contribution in [-0.4, -0.2) is 46.3 Å². The molecule has 0 radical (unpaired) electrons. The maximum Gasteiger partial charge on any atom is 0.245 e. The zero-order valence-corrected chi connectivity index (χ0v) is 13.5. The number of hydrogen-bond acceptors (Lipinski definition) is 3. The minimum atomic E-state index is -0.311. The molecule has 1 N–H and O–H groups in total. The second-order valence-corrected chi connectivity index (χ2v) is 7.84. The molecule has 1 saturated heterocycles. The van der Waals surface area contributed by atoms with Crippen molar-refractivity contribution in [1.29, 1.82) is 0 Å². The third kappa shape index (κ3) is 3.68. The van der Waals surface area contributed by atoms with Crippen molar-refractivity contribution in [2.24, 2.45) is 5.92 Å². The average molecular weight is 298 g/mol. The van der Waals surface area contributed by atoms with Crippen LogP contribution in [0.15, 0.2) is 0 Å². The summed E-state index contributed by atoms with van der Waals surface area (Å²) in [7, 11) is 0. The van der Waals surface area contributed by atoms with E-state index in [2.05, 4.69) is 26.1 Å². The van der Waals surface area contributed by atoms with Gasteiger partial charge in [0.05, 0.1) is 6.54 Å². The van der Waals surface area contributed by atoms with Crippen molar-refractivity contribution in [2.75, 3.05) is 12.3 Å². The molecule has 0 aromatic rings. The highest BCUT2D eigenvalue weighted by atomic mass is 32.2. The van der Waals surface area contributed by atoms with Crippen molar-refractivity contribution >= 4 is 23.6 Å². The summed E-state index contributed by atoms with van der Waals surface area (Å²) in [5.74, 6) is 1.67. The van der Waals surface area contributed by atoms with Gasteiger partial charge in [0.2, 0.25) is 11.8 Å². The second kappa shape index (κ2) is 6.83. The molecule has 3 atom stereocenters. The SMILES string of the molecule is CCSC1CCC(N2CC(=O)NC(CC(C)C)C2=O)C1. The van der Waals surface area contributed by atoms with E-state index in [0.29, 0.717) is 11.2 Å². The monoisotopic (exact) mass is 298 g/mol. The highest BCUT2D eigenvalue weighted by molar-refractivity contribution is 7.99. The lowest BCUT2D eigenvalue weighted by Crippen LogP contribution is -2.60. The number of rotatable bonds is 5. The first-order valence-electron chi connectivity index (χ1n) is 7.72. The van der Waals surface area contributed by atoms with Gasteiger partial charge in [-0.3, -0.25) is 9.59 Å². The molecule has 0 spiro atoms. The largest absolute Gasteiger partial charge is 0.343 e. The highest BCUT2D eigenvalue weighted by Gasteiger charge is 2.39. The smallest absolute Gasteiger partial charge is 0.245 e. The van der Waals surface area contributed by atoms with Gasteiger partial charge in [0, 0.05) is 11.3 Å². The van der Waals surface area contributed by atoms with Crippen molar-refractivity contribution in [1.82, 2.24) is 10.2 Å². The van der Waals surface area contributed by atoms with Gasteiger partial charge in [-0.1, -0.05) is 20.8 Å². The molecule has 2 rings (SSSR count). The van der Waals surface area contributed by atoms with Gasteiger partial charge in [-0.2, -0.15) is 11.8 Å². The molecule has 0 bridgehead atoms. The van der Waals surface area contributed by atoms with Crippen LogP contribution >= 0.6 is 11.8 Å². The van der Waals surface area contributed by atoms with Crippen molar-refractivity contribution in [3.63, 3.8) is 0 Å². The van der Waals surface area contributed by atoms with Crippen LogP contribution in [0.4, 0.5) is 0 Å². The molecule has 2 amide bonds. The summed E-state index contributed by atoms with van der Waals surface area (Å²) < 4.78 is 0. The minimum absolute atomic E-state index is 0.00171. The van der Waals surface area contributed by atoms with Gasteiger partial charge in [0.25, 0.3) is 0 Å². The fourth-order valence-corrected chi connectivity index (χ4v) is 4.39. The lowest BCUT2D eigenvalue weighted by atomic mass is 9.99. The maximum absolute atomic E-state index is 12.6. The van der Waals surface area contributed by atoms with Crippen molar-refractivity contribution in [3.05, 3.63) is 0 Å². The summed E-state index contributed by atoms with van der Waals surface area (Å²) >= 11 is 1.98. The number of amides is 2. The van der Waals surface area contributed by atoms with Gasteiger partial charge in [0.15, 0.2) is 0 Å². The van der Waals surface area contributed by atoms with E-state index in [4.69, 9.17) is 0 Å². The zero-order valence-electron chi connectivity index (χ0n) is 12.7. The number of piperazine rings is 1. The molecule has 1 saturated carbocycles. The first kappa shape index (κ1) is 15.7. The molecule has 3 unspecified atom stereocenters. The van der Waals surface area contributed by atoms with E-state index in [1.807, 2.05) is 16.7 Å². The Morgan fingerprint density at radius 3 is 2.75 bits per heavy atom. The second-order valence-electron chi connectivity index (χ2n) is 6.26. The van der Waals surface area contributed by atoms with Gasteiger partial charge in [-0.05, 0) is 37.4 Å². The van der Waals surface area contributed by atoms with E-state index in [0.717, 1.165) is 25.0 Å². The van der Waals surface area contributed by atoms with Crippen LogP contribution in [0.2, 0.25) is 0 Å².